The fourth-order valence-electron chi connectivity index (χ4n) is 7.49. The molecule has 0 spiro atoms. The van der Waals surface area contributed by atoms with Crippen LogP contribution in [0.25, 0.3) is 6.08 Å². The van der Waals surface area contributed by atoms with E-state index in [1.54, 1.807) is 13.0 Å². The van der Waals surface area contributed by atoms with E-state index in [1.165, 1.54) is 24.9 Å². The van der Waals surface area contributed by atoms with E-state index in [9.17, 15) is 5.26 Å². The maximum Gasteiger partial charge on any atom is 0.278 e. The highest BCUT2D eigenvalue weighted by Gasteiger charge is 2.45. The summed E-state index contributed by atoms with van der Waals surface area (Å²) in [6.07, 6.45) is 14.3. The molecule has 1 aromatic carbocycles. The van der Waals surface area contributed by atoms with E-state index in [0.29, 0.717) is 44.1 Å². The molecule has 9 heteroatoms. The van der Waals surface area contributed by atoms with Crippen molar-refractivity contribution in [2.24, 2.45) is 11.3 Å². The number of fused-ring (bicyclic) bond motifs is 1. The molecule has 2 fully saturated rings. The zero-order valence-corrected chi connectivity index (χ0v) is 27.7. The van der Waals surface area contributed by atoms with Crippen LogP contribution in [0.15, 0.2) is 42.4 Å². The van der Waals surface area contributed by atoms with E-state index in [4.69, 9.17) is 0 Å². The normalized spacial score (nSPS) is 19.7. The second kappa shape index (κ2) is 14.6. The summed E-state index contributed by atoms with van der Waals surface area (Å²) in [6.45, 7) is 10.3. The van der Waals surface area contributed by atoms with Crippen molar-refractivity contribution in [1.29, 1.82) is 5.26 Å². The Bertz CT molecular complexity index is 1450. The molecular formula is C37H49F3N6. The van der Waals surface area contributed by atoms with Crippen molar-refractivity contribution in [3.63, 3.8) is 0 Å². The number of unbranched alkanes of at least 4 members (excludes halogenated alkanes) is 4. The van der Waals surface area contributed by atoms with Crippen LogP contribution in [-0.4, -0.2) is 41.5 Å². The molecule has 0 bridgehead atoms. The minimum Gasteiger partial charge on any atom is -0.363 e. The molecule has 0 amide bonds. The minimum atomic E-state index is -3.27. The van der Waals surface area contributed by atoms with Crippen LogP contribution in [0.3, 0.4) is 0 Å². The van der Waals surface area contributed by atoms with Crippen molar-refractivity contribution in [1.82, 2.24) is 14.9 Å². The number of aromatic nitrogens is 2. The van der Waals surface area contributed by atoms with Crippen molar-refractivity contribution in [3.8, 4) is 6.07 Å². The number of benzene rings is 1. The van der Waals surface area contributed by atoms with Gasteiger partial charge in [0.15, 0.2) is 0 Å². The third-order valence-corrected chi connectivity index (χ3v) is 10.4. The highest BCUT2D eigenvalue weighted by Crippen LogP contribution is 2.50. The molecule has 1 atom stereocenters. The van der Waals surface area contributed by atoms with E-state index in [0.717, 1.165) is 74.6 Å². The van der Waals surface area contributed by atoms with E-state index in [-0.39, 0.29) is 5.56 Å². The van der Waals surface area contributed by atoms with Crippen molar-refractivity contribution in [2.75, 3.05) is 36.9 Å². The lowest BCUT2D eigenvalue weighted by molar-refractivity contribution is -0.0862. The van der Waals surface area contributed by atoms with Crippen LogP contribution in [0.1, 0.15) is 114 Å². The molecular weight excluding hydrogens is 585 g/mol. The summed E-state index contributed by atoms with van der Waals surface area (Å²) in [5.74, 6) is -3.87. The van der Waals surface area contributed by atoms with Crippen molar-refractivity contribution < 1.29 is 13.2 Å². The van der Waals surface area contributed by atoms with Gasteiger partial charge in [0, 0.05) is 23.7 Å². The molecule has 2 aromatic rings. The molecule has 1 saturated heterocycles. The van der Waals surface area contributed by atoms with Gasteiger partial charge in [-0.1, -0.05) is 76.6 Å². The zero-order chi connectivity index (χ0) is 32.9. The average Bonchev–Trinajstić information content (AvgIpc) is 3.06. The van der Waals surface area contributed by atoms with Gasteiger partial charge in [0.2, 0.25) is 0 Å². The Morgan fingerprint density at radius 2 is 1.83 bits per heavy atom. The summed E-state index contributed by atoms with van der Waals surface area (Å²) in [5.41, 5.74) is 1.39. The smallest absolute Gasteiger partial charge is 0.278 e. The van der Waals surface area contributed by atoms with E-state index >= 15 is 13.2 Å². The van der Waals surface area contributed by atoms with Crippen LogP contribution < -0.4 is 10.2 Å². The monoisotopic (exact) mass is 634 g/mol. The number of likely N-dealkylation sites (tertiary alicyclic amines) is 1. The molecule has 1 saturated carbocycles. The first-order chi connectivity index (χ1) is 22.1. The number of hydrogen-bond donors (Lipinski definition) is 1. The Morgan fingerprint density at radius 3 is 2.52 bits per heavy atom. The summed E-state index contributed by atoms with van der Waals surface area (Å²) in [5, 5.41) is 13.8. The number of piperidine rings is 1. The van der Waals surface area contributed by atoms with Gasteiger partial charge in [0.25, 0.3) is 5.92 Å². The molecule has 6 nitrogen and oxygen atoms in total. The maximum atomic E-state index is 16.0. The zero-order valence-electron chi connectivity index (χ0n) is 27.7. The van der Waals surface area contributed by atoms with Crippen LogP contribution in [0, 0.1) is 28.5 Å². The first kappa shape index (κ1) is 34.0. The van der Waals surface area contributed by atoms with E-state index in [2.05, 4.69) is 39.8 Å². The predicted octanol–water partition coefficient (Wildman–Crippen LogP) is 9.38. The van der Waals surface area contributed by atoms with E-state index < -0.39 is 34.7 Å². The summed E-state index contributed by atoms with van der Waals surface area (Å²) in [7, 11) is 1.92. The number of allylic oxidation sites excluding steroid dienone is 1. The number of hydrogen-bond acceptors (Lipinski definition) is 6. The quantitative estimate of drug-likeness (QED) is 0.235. The minimum absolute atomic E-state index is 0.162. The summed E-state index contributed by atoms with van der Waals surface area (Å²) in [4.78, 5) is 13.4. The van der Waals surface area contributed by atoms with Crippen LogP contribution in [0.4, 0.5) is 24.8 Å². The Morgan fingerprint density at radius 1 is 1.11 bits per heavy atom. The van der Waals surface area contributed by atoms with Crippen LogP contribution in [-0.2, 0) is 5.92 Å². The molecule has 5 rings (SSSR count). The Kier molecular flexibility index (Phi) is 10.8. The Hall–Kier alpha value is -3.38. The largest absolute Gasteiger partial charge is 0.363 e. The second-order valence-corrected chi connectivity index (χ2v) is 13.6. The molecule has 3 heterocycles. The molecule has 1 aliphatic carbocycles. The molecule has 0 radical (unpaired) electrons. The van der Waals surface area contributed by atoms with Gasteiger partial charge >= 0.3 is 0 Å². The summed E-state index contributed by atoms with van der Waals surface area (Å²) in [6, 6.07) is 6.31. The lowest BCUT2D eigenvalue weighted by Crippen LogP contribution is -2.38. The third kappa shape index (κ3) is 6.83. The van der Waals surface area contributed by atoms with Gasteiger partial charge in [0.05, 0.1) is 28.7 Å². The lowest BCUT2D eigenvalue weighted by atomic mass is 9.68. The van der Waals surface area contributed by atoms with Crippen molar-refractivity contribution in [3.05, 3.63) is 64.9 Å². The van der Waals surface area contributed by atoms with Crippen LogP contribution in [0.5, 0.6) is 0 Å². The fourth-order valence-corrected chi connectivity index (χ4v) is 7.49. The number of alkyl halides is 2. The number of nitrogens with zero attached hydrogens (tertiary/aromatic N) is 5. The third-order valence-electron chi connectivity index (χ3n) is 10.4. The van der Waals surface area contributed by atoms with Crippen LogP contribution in [0.2, 0.25) is 0 Å². The molecule has 3 aliphatic rings. The lowest BCUT2D eigenvalue weighted by Gasteiger charge is -2.40. The van der Waals surface area contributed by atoms with E-state index in [1.807, 2.05) is 18.0 Å². The topological polar surface area (TPSA) is 68.1 Å². The Balaban J connectivity index is 1.47. The molecule has 248 valence electrons. The predicted molar refractivity (Wildman–Crippen MR) is 179 cm³/mol. The summed E-state index contributed by atoms with van der Waals surface area (Å²) >= 11 is 0. The SMILES string of the molecule is C=C1C(C2(C#N)CCCCC2)=Cc2c(N[C@H](C)c3cccc(C(F)(F)C4CCN(C)CC4)c3F)ncnc2N1CCCCCCC. The van der Waals surface area contributed by atoms with Crippen LogP contribution >= 0.6 is 0 Å². The molecule has 46 heavy (non-hydrogen) atoms. The van der Waals surface area contributed by atoms with Crippen molar-refractivity contribution in [2.45, 2.75) is 103 Å². The highest BCUT2D eigenvalue weighted by atomic mass is 19.3. The maximum absolute atomic E-state index is 16.0. The number of nitriles is 1. The first-order valence-electron chi connectivity index (χ1n) is 17.2. The number of nitrogens with one attached hydrogen (secondary N) is 1. The second-order valence-electron chi connectivity index (χ2n) is 13.6. The first-order valence-corrected chi connectivity index (χ1v) is 17.2. The average molecular weight is 635 g/mol. The number of anilines is 2. The van der Waals surface area contributed by atoms with Gasteiger partial charge in [-0.05, 0) is 70.8 Å². The fraction of sp³-hybridized carbons (Fsp3) is 0.595. The standard InChI is InChI=1S/C37H49F3N6/c1-5-6-7-8-12-20-46-27(3)32(36(24-41)18-10-9-11-19-36)23-30-34(42-25-43-35(30)46)44-26(2)29-14-13-15-31(33(29)38)37(39,40)28-16-21-45(4)22-17-28/h13-15,23,25-26,28H,3,5-12,16-22H2,1-2,4H3,(H,42,43,44)/t26-/m1/s1. The van der Waals surface area contributed by atoms with Gasteiger partial charge in [0.1, 0.15) is 23.8 Å². The number of halogens is 3. The van der Waals surface area contributed by atoms with Gasteiger partial charge in [-0.25, -0.2) is 23.1 Å². The molecule has 1 aromatic heterocycles. The van der Waals surface area contributed by atoms with Gasteiger partial charge in [-0.3, -0.25) is 0 Å². The van der Waals surface area contributed by atoms with Crippen molar-refractivity contribution >= 4 is 17.7 Å². The molecule has 2 aliphatic heterocycles. The Labute approximate surface area is 272 Å². The van der Waals surface area contributed by atoms with Gasteiger partial charge in [-0.2, -0.15) is 5.26 Å². The molecule has 0 unspecified atom stereocenters. The van der Waals surface area contributed by atoms with Gasteiger partial charge < -0.3 is 15.1 Å². The molecule has 1 N–H and O–H groups in total. The number of rotatable bonds is 12. The highest BCUT2D eigenvalue weighted by molar-refractivity contribution is 5.83. The van der Waals surface area contributed by atoms with Gasteiger partial charge in [-0.15, -0.1) is 0 Å². The summed E-state index contributed by atoms with van der Waals surface area (Å²) < 4.78 is 47.4.